The van der Waals surface area contributed by atoms with Crippen LogP contribution >= 0.6 is 0 Å². The molecule has 2 heteroatoms. The van der Waals surface area contributed by atoms with Gasteiger partial charge in [0.2, 0.25) is 0 Å². The van der Waals surface area contributed by atoms with Crippen LogP contribution in [0.3, 0.4) is 0 Å². The van der Waals surface area contributed by atoms with E-state index < -0.39 is 0 Å². The summed E-state index contributed by atoms with van der Waals surface area (Å²) in [6, 6.07) is 17.0. The molecule has 2 nitrogen and oxygen atoms in total. The first kappa shape index (κ1) is 12.9. The van der Waals surface area contributed by atoms with Gasteiger partial charge in [0, 0.05) is 11.6 Å². The van der Waals surface area contributed by atoms with Crippen molar-refractivity contribution in [1.29, 1.82) is 0 Å². The molecule has 0 aliphatic heterocycles. The molecule has 3 rings (SSSR count). The van der Waals surface area contributed by atoms with Gasteiger partial charge < -0.3 is 10.5 Å². The lowest BCUT2D eigenvalue weighted by Gasteiger charge is -2.09. The van der Waals surface area contributed by atoms with Crippen LogP contribution in [0.4, 0.5) is 0 Å². The van der Waals surface area contributed by atoms with E-state index in [1.165, 1.54) is 16.7 Å². The van der Waals surface area contributed by atoms with Gasteiger partial charge >= 0.3 is 0 Å². The van der Waals surface area contributed by atoms with Crippen molar-refractivity contribution in [3.8, 4) is 16.9 Å². The van der Waals surface area contributed by atoms with Gasteiger partial charge in [0.25, 0.3) is 0 Å². The Labute approximate surface area is 119 Å². The van der Waals surface area contributed by atoms with Crippen LogP contribution < -0.4 is 10.5 Å². The fourth-order valence-electron chi connectivity index (χ4n) is 2.73. The Bertz CT molecular complexity index is 628. The highest BCUT2D eigenvalue weighted by Crippen LogP contribution is 2.32. The molecule has 0 aromatic heterocycles. The van der Waals surface area contributed by atoms with Crippen LogP contribution in [0, 0.1) is 0 Å². The smallest absolute Gasteiger partial charge is 0.126 e. The summed E-state index contributed by atoms with van der Waals surface area (Å²) in [5, 5.41) is 0. The number of benzene rings is 2. The molecule has 2 N–H and O–H groups in total. The molecule has 0 saturated carbocycles. The molecule has 0 radical (unpaired) electrons. The average Bonchev–Trinajstić information content (AvgIpc) is 2.94. The molecule has 1 aliphatic rings. The first-order chi connectivity index (χ1) is 9.78. The lowest BCUT2D eigenvalue weighted by Crippen LogP contribution is -2.11. The van der Waals surface area contributed by atoms with Crippen molar-refractivity contribution in [2.75, 3.05) is 7.11 Å². The predicted molar refractivity (Wildman–Crippen MR) is 83.6 cm³/mol. The van der Waals surface area contributed by atoms with Gasteiger partial charge in [-0.2, -0.15) is 0 Å². The summed E-state index contributed by atoms with van der Waals surface area (Å²) in [4.78, 5) is 0. The van der Waals surface area contributed by atoms with Crippen molar-refractivity contribution in [3.05, 3.63) is 60.2 Å². The zero-order chi connectivity index (χ0) is 13.9. The van der Waals surface area contributed by atoms with Crippen LogP contribution in [0.5, 0.6) is 5.75 Å². The number of allylic oxidation sites excluding steroid dienone is 1. The summed E-state index contributed by atoms with van der Waals surface area (Å²) in [5.74, 6) is 0.905. The van der Waals surface area contributed by atoms with E-state index in [1.807, 2.05) is 18.2 Å². The summed E-state index contributed by atoms with van der Waals surface area (Å²) in [6.07, 6.45) is 4.32. The summed E-state index contributed by atoms with van der Waals surface area (Å²) in [6.45, 7) is 0. The Morgan fingerprint density at radius 3 is 2.35 bits per heavy atom. The second kappa shape index (κ2) is 5.51. The van der Waals surface area contributed by atoms with E-state index in [0.717, 1.165) is 24.2 Å². The summed E-state index contributed by atoms with van der Waals surface area (Å²) >= 11 is 0. The van der Waals surface area contributed by atoms with E-state index in [9.17, 15) is 0 Å². The van der Waals surface area contributed by atoms with Gasteiger partial charge in [-0.15, -0.1) is 0 Å². The summed E-state index contributed by atoms with van der Waals surface area (Å²) < 4.78 is 5.42. The molecule has 102 valence electrons. The normalized spacial score (nSPS) is 17.9. The molecule has 1 aliphatic carbocycles. The highest BCUT2D eigenvalue weighted by molar-refractivity contribution is 5.74. The molecule has 0 bridgehead atoms. The molecule has 0 heterocycles. The van der Waals surface area contributed by atoms with Crippen molar-refractivity contribution >= 4 is 5.57 Å². The molecule has 0 saturated heterocycles. The van der Waals surface area contributed by atoms with E-state index >= 15 is 0 Å². The van der Waals surface area contributed by atoms with E-state index in [0.29, 0.717) is 0 Å². The van der Waals surface area contributed by atoms with Crippen LogP contribution in [0.25, 0.3) is 16.7 Å². The zero-order valence-electron chi connectivity index (χ0n) is 11.7. The van der Waals surface area contributed by atoms with Crippen molar-refractivity contribution in [3.63, 3.8) is 0 Å². The summed E-state index contributed by atoms with van der Waals surface area (Å²) in [5.41, 5.74) is 10.9. The van der Waals surface area contributed by atoms with Gasteiger partial charge in [-0.1, -0.05) is 48.5 Å². The third-order valence-electron chi connectivity index (χ3n) is 3.84. The first-order valence-electron chi connectivity index (χ1n) is 6.98. The Morgan fingerprint density at radius 2 is 1.70 bits per heavy atom. The van der Waals surface area contributed by atoms with Crippen LogP contribution in [-0.4, -0.2) is 13.2 Å². The highest BCUT2D eigenvalue weighted by atomic mass is 16.5. The maximum absolute atomic E-state index is 5.93. The van der Waals surface area contributed by atoms with Gasteiger partial charge in [0.05, 0.1) is 7.11 Å². The first-order valence-corrected chi connectivity index (χ1v) is 6.98. The van der Waals surface area contributed by atoms with Crippen molar-refractivity contribution < 1.29 is 4.74 Å². The number of ether oxygens (including phenoxy) is 1. The SMILES string of the molecule is COc1ccccc1-c1ccc(C2=CC(N)CC2)cc1. The third-order valence-corrected chi connectivity index (χ3v) is 3.84. The number of nitrogens with two attached hydrogens (primary N) is 1. The lowest BCUT2D eigenvalue weighted by atomic mass is 9.99. The molecular formula is C18H19NO. The molecular weight excluding hydrogens is 246 g/mol. The quantitative estimate of drug-likeness (QED) is 0.914. The van der Waals surface area contributed by atoms with E-state index in [-0.39, 0.29) is 6.04 Å². The van der Waals surface area contributed by atoms with Crippen LogP contribution in [-0.2, 0) is 0 Å². The van der Waals surface area contributed by atoms with E-state index in [4.69, 9.17) is 10.5 Å². The Morgan fingerprint density at radius 1 is 1.00 bits per heavy atom. The zero-order valence-corrected chi connectivity index (χ0v) is 11.7. The maximum Gasteiger partial charge on any atom is 0.126 e. The van der Waals surface area contributed by atoms with Crippen LogP contribution in [0.15, 0.2) is 54.6 Å². The van der Waals surface area contributed by atoms with Crippen molar-refractivity contribution in [1.82, 2.24) is 0 Å². The second-order valence-electron chi connectivity index (χ2n) is 5.17. The minimum Gasteiger partial charge on any atom is -0.496 e. The van der Waals surface area contributed by atoms with Crippen LogP contribution in [0.2, 0.25) is 0 Å². The lowest BCUT2D eigenvalue weighted by molar-refractivity contribution is 0.416. The third kappa shape index (κ3) is 2.47. The standard InChI is InChI=1S/C18H19NO/c1-20-18-5-3-2-4-17(18)14-8-6-13(7-9-14)15-10-11-16(19)12-15/h2-9,12,16H,10-11,19H2,1H3. The topological polar surface area (TPSA) is 35.2 Å². The van der Waals surface area contributed by atoms with Gasteiger partial charge in [0.1, 0.15) is 5.75 Å². The minimum absolute atomic E-state index is 0.221. The number of hydrogen-bond acceptors (Lipinski definition) is 2. The van der Waals surface area contributed by atoms with Crippen molar-refractivity contribution in [2.24, 2.45) is 5.73 Å². The second-order valence-corrected chi connectivity index (χ2v) is 5.17. The molecule has 2 aromatic rings. The number of methoxy groups -OCH3 is 1. The predicted octanol–water partition coefficient (Wildman–Crippen LogP) is 3.87. The largest absolute Gasteiger partial charge is 0.496 e. The molecule has 20 heavy (non-hydrogen) atoms. The van der Waals surface area contributed by atoms with Gasteiger partial charge in [-0.25, -0.2) is 0 Å². The minimum atomic E-state index is 0.221. The van der Waals surface area contributed by atoms with Gasteiger partial charge in [-0.05, 0) is 35.6 Å². The number of hydrogen-bond donors (Lipinski definition) is 1. The highest BCUT2D eigenvalue weighted by Gasteiger charge is 2.13. The number of para-hydroxylation sites is 1. The molecule has 1 atom stereocenters. The van der Waals surface area contributed by atoms with Gasteiger partial charge in [-0.3, -0.25) is 0 Å². The van der Waals surface area contributed by atoms with E-state index in [2.05, 4.69) is 36.4 Å². The van der Waals surface area contributed by atoms with Crippen molar-refractivity contribution in [2.45, 2.75) is 18.9 Å². The van der Waals surface area contributed by atoms with Crippen LogP contribution in [0.1, 0.15) is 18.4 Å². The maximum atomic E-state index is 5.93. The molecule has 0 spiro atoms. The Balaban J connectivity index is 1.92. The molecule has 2 aromatic carbocycles. The fraction of sp³-hybridized carbons (Fsp3) is 0.222. The fourth-order valence-corrected chi connectivity index (χ4v) is 2.73. The van der Waals surface area contributed by atoms with Gasteiger partial charge in [0.15, 0.2) is 0 Å². The van der Waals surface area contributed by atoms with E-state index in [1.54, 1.807) is 7.11 Å². The summed E-state index contributed by atoms with van der Waals surface area (Å²) in [7, 11) is 1.71. The molecule has 0 fully saturated rings. The average molecular weight is 265 g/mol. The molecule has 0 amide bonds. The Hall–Kier alpha value is -2.06. The Kier molecular flexibility index (Phi) is 3.57. The number of rotatable bonds is 3. The monoisotopic (exact) mass is 265 g/mol. The molecule has 1 unspecified atom stereocenters.